The molecule has 156 valence electrons. The molecule has 0 radical (unpaired) electrons. The van der Waals surface area contributed by atoms with Crippen molar-refractivity contribution in [2.24, 2.45) is 5.92 Å². The number of rotatable bonds is 7. The topological polar surface area (TPSA) is 72.2 Å². The van der Waals surface area contributed by atoms with E-state index in [-0.39, 0.29) is 24.3 Å². The van der Waals surface area contributed by atoms with Gasteiger partial charge in [0.25, 0.3) is 0 Å². The highest BCUT2D eigenvalue weighted by Crippen LogP contribution is 2.36. The minimum atomic E-state index is -0.420. The van der Waals surface area contributed by atoms with Crippen LogP contribution in [0.5, 0.6) is 11.5 Å². The number of benzene rings is 1. The molecule has 7 heteroatoms. The lowest BCUT2D eigenvalue weighted by molar-refractivity contribution is -0.138. The van der Waals surface area contributed by atoms with E-state index in [2.05, 4.69) is 0 Å². The summed E-state index contributed by atoms with van der Waals surface area (Å²) in [5.41, 5.74) is 0.616. The van der Waals surface area contributed by atoms with Crippen LogP contribution < -0.4 is 14.4 Å². The molecule has 1 saturated heterocycles. The summed E-state index contributed by atoms with van der Waals surface area (Å²) in [6, 6.07) is 9.05. The quantitative estimate of drug-likeness (QED) is 0.712. The Bertz CT molecular complexity index is 889. The lowest BCUT2D eigenvalue weighted by atomic mass is 10.1. The van der Waals surface area contributed by atoms with Crippen molar-refractivity contribution in [3.8, 4) is 11.5 Å². The first-order valence-electron chi connectivity index (χ1n) is 9.72. The van der Waals surface area contributed by atoms with Crippen LogP contribution in [0.1, 0.15) is 31.8 Å². The number of nitrogens with zero attached hydrogens (tertiary/aromatic N) is 2. The van der Waals surface area contributed by atoms with Crippen molar-refractivity contribution in [3.63, 3.8) is 0 Å². The Labute approximate surface area is 171 Å². The third-order valence-corrected chi connectivity index (χ3v) is 5.18. The molecule has 0 N–H and O–H groups in total. The van der Waals surface area contributed by atoms with Gasteiger partial charge in [0.2, 0.25) is 11.8 Å². The molecule has 7 nitrogen and oxygen atoms in total. The molecule has 1 unspecified atom stereocenters. The summed E-state index contributed by atoms with van der Waals surface area (Å²) in [5, 5.41) is 0. The van der Waals surface area contributed by atoms with Gasteiger partial charge in [0.1, 0.15) is 23.0 Å². The second-order valence-electron chi connectivity index (χ2n) is 7.52. The summed E-state index contributed by atoms with van der Waals surface area (Å²) in [5.74, 6) is 2.17. The minimum absolute atomic E-state index is 0.0107. The molecule has 0 aliphatic carbocycles. The fourth-order valence-electron chi connectivity index (χ4n) is 3.60. The number of hydrogen-bond donors (Lipinski definition) is 0. The van der Waals surface area contributed by atoms with Crippen molar-refractivity contribution >= 4 is 17.5 Å². The third-order valence-electron chi connectivity index (χ3n) is 5.18. The maximum atomic E-state index is 13.2. The second-order valence-corrected chi connectivity index (χ2v) is 7.52. The third kappa shape index (κ3) is 4.39. The van der Waals surface area contributed by atoms with Crippen LogP contribution in [0, 0.1) is 12.8 Å². The van der Waals surface area contributed by atoms with E-state index < -0.39 is 5.92 Å². The zero-order valence-corrected chi connectivity index (χ0v) is 17.6. The van der Waals surface area contributed by atoms with Gasteiger partial charge in [-0.15, -0.1) is 0 Å². The largest absolute Gasteiger partial charge is 0.497 e. The number of methoxy groups -OCH3 is 2. The first-order valence-corrected chi connectivity index (χ1v) is 9.72. The van der Waals surface area contributed by atoms with Crippen molar-refractivity contribution in [2.45, 2.75) is 39.8 Å². The zero-order chi connectivity index (χ0) is 21.1. The van der Waals surface area contributed by atoms with Crippen LogP contribution in [-0.2, 0) is 16.1 Å². The Morgan fingerprint density at radius 3 is 2.59 bits per heavy atom. The highest BCUT2D eigenvalue weighted by Gasteiger charge is 2.39. The Kier molecular flexibility index (Phi) is 6.15. The Morgan fingerprint density at radius 2 is 2.00 bits per heavy atom. The predicted molar refractivity (Wildman–Crippen MR) is 109 cm³/mol. The predicted octanol–water partition coefficient (Wildman–Crippen LogP) is 3.40. The number of furan rings is 1. The lowest BCUT2D eigenvalue weighted by Gasteiger charge is -2.28. The van der Waals surface area contributed by atoms with Gasteiger partial charge in [-0.2, -0.15) is 0 Å². The van der Waals surface area contributed by atoms with Crippen molar-refractivity contribution in [3.05, 3.63) is 41.9 Å². The number of carbonyl (C=O) groups is 2. The maximum Gasteiger partial charge on any atom is 0.228 e. The SMILES string of the molecule is COc1ccc(OC)c(N2CC(C(=O)N(Cc3ccc(C)o3)C(C)C)CC2=O)c1. The summed E-state index contributed by atoms with van der Waals surface area (Å²) < 4.78 is 16.3. The molecule has 1 aromatic carbocycles. The first-order chi connectivity index (χ1) is 13.8. The molecule has 29 heavy (non-hydrogen) atoms. The summed E-state index contributed by atoms with van der Waals surface area (Å²) in [4.78, 5) is 29.4. The van der Waals surface area contributed by atoms with Crippen molar-refractivity contribution < 1.29 is 23.5 Å². The van der Waals surface area contributed by atoms with E-state index in [0.29, 0.717) is 30.3 Å². The standard InChI is InChI=1S/C22H28N2O5/c1-14(2)23(13-18-7-6-15(3)29-18)22(26)16-10-21(25)24(12-16)19-11-17(27-4)8-9-20(19)28-5/h6-9,11,14,16H,10,12-13H2,1-5H3. The molecule has 2 amide bonds. The highest BCUT2D eigenvalue weighted by atomic mass is 16.5. The van der Waals surface area contributed by atoms with Crippen molar-refractivity contribution in [2.75, 3.05) is 25.7 Å². The van der Waals surface area contributed by atoms with E-state index in [1.165, 1.54) is 0 Å². The van der Waals surface area contributed by atoms with Crippen LogP contribution >= 0.6 is 0 Å². The minimum Gasteiger partial charge on any atom is -0.497 e. The van der Waals surface area contributed by atoms with E-state index in [0.717, 1.165) is 11.5 Å². The smallest absolute Gasteiger partial charge is 0.228 e. The van der Waals surface area contributed by atoms with E-state index in [1.54, 1.807) is 42.2 Å². The van der Waals surface area contributed by atoms with Gasteiger partial charge >= 0.3 is 0 Å². The molecule has 1 fully saturated rings. The lowest BCUT2D eigenvalue weighted by Crippen LogP contribution is -2.41. The normalized spacial score (nSPS) is 16.4. The second kappa shape index (κ2) is 8.59. The van der Waals surface area contributed by atoms with E-state index in [9.17, 15) is 9.59 Å². The summed E-state index contributed by atoms with van der Waals surface area (Å²) >= 11 is 0. The highest BCUT2D eigenvalue weighted by molar-refractivity contribution is 6.01. The van der Waals surface area contributed by atoms with Crippen LogP contribution in [0.3, 0.4) is 0 Å². The Morgan fingerprint density at radius 1 is 1.24 bits per heavy atom. The average molecular weight is 400 g/mol. The Hall–Kier alpha value is -2.96. The molecule has 1 aliphatic rings. The van der Waals surface area contributed by atoms with E-state index in [1.807, 2.05) is 32.9 Å². The molecule has 1 aromatic heterocycles. The number of carbonyl (C=O) groups excluding carboxylic acids is 2. The molecule has 3 rings (SSSR count). The van der Waals surface area contributed by atoms with E-state index in [4.69, 9.17) is 13.9 Å². The summed E-state index contributed by atoms with van der Waals surface area (Å²) in [6.45, 7) is 6.50. The number of hydrogen-bond acceptors (Lipinski definition) is 5. The zero-order valence-electron chi connectivity index (χ0n) is 17.6. The maximum absolute atomic E-state index is 13.2. The van der Waals surface area contributed by atoms with Gasteiger partial charge in [-0.25, -0.2) is 0 Å². The van der Waals surface area contributed by atoms with Crippen molar-refractivity contribution in [1.82, 2.24) is 4.90 Å². The van der Waals surface area contributed by atoms with Gasteiger partial charge in [0.15, 0.2) is 0 Å². The summed E-state index contributed by atoms with van der Waals surface area (Å²) in [6.07, 6.45) is 0.166. The van der Waals surface area contributed by atoms with Crippen LogP contribution in [0.15, 0.2) is 34.7 Å². The van der Waals surface area contributed by atoms with Gasteiger partial charge in [-0.3, -0.25) is 9.59 Å². The van der Waals surface area contributed by atoms with Gasteiger partial charge in [0, 0.05) is 25.1 Å². The van der Waals surface area contributed by atoms with Gasteiger partial charge in [0.05, 0.1) is 32.4 Å². The first kappa shape index (κ1) is 20.8. The molecule has 1 aliphatic heterocycles. The monoisotopic (exact) mass is 400 g/mol. The van der Waals surface area contributed by atoms with Crippen LogP contribution in [0.2, 0.25) is 0 Å². The van der Waals surface area contributed by atoms with Crippen LogP contribution in [0.4, 0.5) is 5.69 Å². The fourth-order valence-corrected chi connectivity index (χ4v) is 3.60. The molecular formula is C22H28N2O5. The molecule has 0 spiro atoms. The molecular weight excluding hydrogens is 372 g/mol. The van der Waals surface area contributed by atoms with Crippen LogP contribution in [-0.4, -0.2) is 43.5 Å². The van der Waals surface area contributed by atoms with Gasteiger partial charge < -0.3 is 23.7 Å². The molecule has 0 saturated carbocycles. The Balaban J connectivity index is 1.80. The van der Waals surface area contributed by atoms with E-state index >= 15 is 0 Å². The fraction of sp³-hybridized carbons (Fsp3) is 0.455. The average Bonchev–Trinajstić information content (AvgIpc) is 3.30. The number of amides is 2. The van der Waals surface area contributed by atoms with Gasteiger partial charge in [-0.05, 0) is 45.0 Å². The number of anilines is 1. The molecule has 1 atom stereocenters. The molecule has 2 aromatic rings. The van der Waals surface area contributed by atoms with Crippen LogP contribution in [0.25, 0.3) is 0 Å². The van der Waals surface area contributed by atoms with Crippen molar-refractivity contribution in [1.29, 1.82) is 0 Å². The summed E-state index contributed by atoms with van der Waals surface area (Å²) in [7, 11) is 3.13. The molecule has 0 bridgehead atoms. The van der Waals surface area contributed by atoms with Gasteiger partial charge in [-0.1, -0.05) is 0 Å². The number of ether oxygens (including phenoxy) is 2. The number of aryl methyl sites for hydroxylation is 1. The molecule has 2 heterocycles.